The van der Waals surface area contributed by atoms with Crippen LogP contribution in [0.3, 0.4) is 0 Å². The van der Waals surface area contributed by atoms with E-state index in [9.17, 15) is 8.78 Å². The van der Waals surface area contributed by atoms with E-state index >= 15 is 0 Å². The van der Waals surface area contributed by atoms with Gasteiger partial charge in [-0.2, -0.15) is 0 Å². The Labute approximate surface area is 82.7 Å². The third-order valence-corrected chi connectivity index (χ3v) is 2.48. The molecule has 72 valence electrons. The molecule has 1 aromatic heterocycles. The quantitative estimate of drug-likeness (QED) is 0.877. The van der Waals surface area contributed by atoms with Gasteiger partial charge < -0.3 is 5.11 Å². The molecular formula is C8H8BrF2NO. The Bertz CT molecular complexity index is 317. The van der Waals surface area contributed by atoms with Gasteiger partial charge in [-0.25, -0.2) is 8.78 Å². The normalized spacial score (nSPS) is 10.9. The van der Waals surface area contributed by atoms with Gasteiger partial charge in [0.25, 0.3) is 6.43 Å². The number of aliphatic hydroxyl groups excluding tert-OH is 1. The van der Waals surface area contributed by atoms with Gasteiger partial charge in [-0.05, 0) is 34.5 Å². The number of halogens is 3. The van der Waals surface area contributed by atoms with Gasteiger partial charge in [0.15, 0.2) is 0 Å². The lowest BCUT2D eigenvalue weighted by atomic mass is 10.2. The Morgan fingerprint density at radius 1 is 1.62 bits per heavy atom. The fourth-order valence-corrected chi connectivity index (χ4v) is 1.51. The van der Waals surface area contributed by atoms with Crippen LogP contribution in [0.5, 0.6) is 0 Å². The van der Waals surface area contributed by atoms with E-state index in [0.717, 1.165) is 0 Å². The van der Waals surface area contributed by atoms with Crippen molar-refractivity contribution < 1.29 is 13.9 Å². The second-order valence-electron chi connectivity index (χ2n) is 2.58. The molecule has 0 saturated heterocycles. The number of hydrogen-bond donors (Lipinski definition) is 1. The Kier molecular flexibility index (Phi) is 3.33. The van der Waals surface area contributed by atoms with Gasteiger partial charge in [0.2, 0.25) is 0 Å². The molecule has 0 aliphatic heterocycles. The number of aliphatic hydroxyl groups is 1. The van der Waals surface area contributed by atoms with Crippen LogP contribution in [0.2, 0.25) is 0 Å². The molecule has 0 spiro atoms. The topological polar surface area (TPSA) is 33.1 Å². The predicted octanol–water partition coefficient (Wildman–Crippen LogP) is 2.58. The van der Waals surface area contributed by atoms with Crippen molar-refractivity contribution in [2.75, 3.05) is 0 Å². The Morgan fingerprint density at radius 3 is 2.69 bits per heavy atom. The summed E-state index contributed by atoms with van der Waals surface area (Å²) in [6.07, 6.45) is -2.63. The van der Waals surface area contributed by atoms with Gasteiger partial charge in [0.05, 0.1) is 11.1 Å². The number of pyridine rings is 1. The molecule has 0 bridgehead atoms. The lowest BCUT2D eigenvalue weighted by Gasteiger charge is -2.07. The number of aryl methyl sites for hydroxylation is 1. The van der Waals surface area contributed by atoms with Gasteiger partial charge >= 0.3 is 0 Å². The monoisotopic (exact) mass is 251 g/mol. The minimum atomic E-state index is -2.63. The van der Waals surface area contributed by atoms with Gasteiger partial charge in [0, 0.05) is 5.69 Å². The largest absolute Gasteiger partial charge is 0.392 e. The van der Waals surface area contributed by atoms with Crippen LogP contribution in [0, 0.1) is 6.92 Å². The van der Waals surface area contributed by atoms with E-state index in [0.29, 0.717) is 11.3 Å². The standard InChI is InChI=1S/C8H8BrF2NO/c1-4-2-5(3-13)6(9)7(12-4)8(10)11/h2,8,13H,3H2,1H3. The van der Waals surface area contributed by atoms with E-state index < -0.39 is 6.43 Å². The Morgan fingerprint density at radius 2 is 2.23 bits per heavy atom. The molecule has 0 aliphatic carbocycles. The number of nitrogens with zero attached hydrogens (tertiary/aromatic N) is 1. The van der Waals surface area contributed by atoms with Gasteiger partial charge in [-0.1, -0.05) is 0 Å². The highest BCUT2D eigenvalue weighted by molar-refractivity contribution is 9.10. The minimum absolute atomic E-state index is 0.190. The summed E-state index contributed by atoms with van der Waals surface area (Å²) in [5.74, 6) is 0. The van der Waals surface area contributed by atoms with Crippen molar-refractivity contribution in [1.82, 2.24) is 4.98 Å². The van der Waals surface area contributed by atoms with Crippen molar-refractivity contribution in [1.29, 1.82) is 0 Å². The number of alkyl halides is 2. The molecule has 0 aromatic carbocycles. The van der Waals surface area contributed by atoms with Crippen LogP contribution in [-0.2, 0) is 6.61 Å². The zero-order valence-corrected chi connectivity index (χ0v) is 8.48. The number of aromatic nitrogens is 1. The maximum absolute atomic E-state index is 12.4. The Hall–Kier alpha value is -0.550. The lowest BCUT2D eigenvalue weighted by Crippen LogP contribution is -1.99. The first-order valence-electron chi connectivity index (χ1n) is 3.61. The lowest BCUT2D eigenvalue weighted by molar-refractivity contribution is 0.144. The number of hydrogen-bond acceptors (Lipinski definition) is 2. The first kappa shape index (κ1) is 10.5. The van der Waals surface area contributed by atoms with Gasteiger partial charge in [-0.15, -0.1) is 0 Å². The first-order valence-corrected chi connectivity index (χ1v) is 4.40. The number of rotatable bonds is 2. The minimum Gasteiger partial charge on any atom is -0.392 e. The fraction of sp³-hybridized carbons (Fsp3) is 0.375. The molecule has 1 heterocycles. The summed E-state index contributed by atoms with van der Waals surface area (Å²) in [5.41, 5.74) is 0.592. The van der Waals surface area contributed by atoms with Crippen LogP contribution >= 0.6 is 15.9 Å². The molecule has 0 saturated carbocycles. The van der Waals surface area contributed by atoms with Crippen LogP contribution in [0.4, 0.5) is 8.78 Å². The van der Waals surface area contributed by atoms with E-state index in [1.54, 1.807) is 13.0 Å². The highest BCUT2D eigenvalue weighted by Gasteiger charge is 2.16. The smallest absolute Gasteiger partial charge is 0.281 e. The molecule has 1 rings (SSSR count). The van der Waals surface area contributed by atoms with E-state index in [-0.39, 0.29) is 16.8 Å². The SMILES string of the molecule is Cc1cc(CO)c(Br)c(C(F)F)n1. The molecule has 0 unspecified atom stereocenters. The van der Waals surface area contributed by atoms with Crippen molar-refractivity contribution in [3.05, 3.63) is 27.5 Å². The molecule has 1 aromatic rings. The predicted molar refractivity (Wildman–Crippen MR) is 47.6 cm³/mol. The molecule has 0 fully saturated rings. The van der Waals surface area contributed by atoms with Gasteiger partial charge in [-0.3, -0.25) is 4.98 Å². The first-order chi connectivity index (χ1) is 6.06. The summed E-state index contributed by atoms with van der Waals surface area (Å²) in [6.45, 7) is 1.33. The highest BCUT2D eigenvalue weighted by atomic mass is 79.9. The maximum atomic E-state index is 12.4. The second kappa shape index (κ2) is 4.11. The van der Waals surface area contributed by atoms with Crippen LogP contribution < -0.4 is 0 Å². The van der Waals surface area contributed by atoms with Crippen molar-refractivity contribution in [2.24, 2.45) is 0 Å². The summed E-state index contributed by atoms with van der Waals surface area (Å²) >= 11 is 2.97. The summed E-state index contributed by atoms with van der Waals surface area (Å²) < 4.78 is 24.9. The van der Waals surface area contributed by atoms with E-state index in [1.165, 1.54) is 0 Å². The van der Waals surface area contributed by atoms with Crippen LogP contribution in [-0.4, -0.2) is 10.1 Å². The summed E-state index contributed by atoms with van der Waals surface area (Å²) in [6, 6.07) is 1.57. The zero-order chi connectivity index (χ0) is 10.0. The van der Waals surface area contributed by atoms with Crippen LogP contribution in [0.1, 0.15) is 23.4 Å². The molecule has 0 aliphatic rings. The molecule has 5 heteroatoms. The molecular weight excluding hydrogens is 244 g/mol. The van der Waals surface area contributed by atoms with Crippen molar-refractivity contribution in [3.63, 3.8) is 0 Å². The fourth-order valence-electron chi connectivity index (χ4n) is 1.01. The third-order valence-electron chi connectivity index (χ3n) is 1.56. The zero-order valence-electron chi connectivity index (χ0n) is 6.89. The van der Waals surface area contributed by atoms with E-state index in [2.05, 4.69) is 20.9 Å². The molecule has 1 N–H and O–H groups in total. The van der Waals surface area contributed by atoms with Gasteiger partial charge in [0.1, 0.15) is 5.69 Å². The highest BCUT2D eigenvalue weighted by Crippen LogP contribution is 2.28. The molecule has 2 nitrogen and oxygen atoms in total. The summed E-state index contributed by atoms with van der Waals surface area (Å²) in [4.78, 5) is 3.67. The second-order valence-corrected chi connectivity index (χ2v) is 3.37. The van der Waals surface area contributed by atoms with Crippen LogP contribution in [0.25, 0.3) is 0 Å². The molecule has 0 amide bonds. The van der Waals surface area contributed by atoms with Crippen LogP contribution in [0.15, 0.2) is 10.5 Å². The third kappa shape index (κ3) is 2.22. The average Bonchev–Trinajstić information content (AvgIpc) is 2.08. The van der Waals surface area contributed by atoms with E-state index in [4.69, 9.17) is 5.11 Å². The maximum Gasteiger partial charge on any atom is 0.281 e. The average molecular weight is 252 g/mol. The molecule has 13 heavy (non-hydrogen) atoms. The summed E-state index contributed by atoms with van der Waals surface area (Å²) in [7, 11) is 0. The molecule has 0 atom stereocenters. The Balaban J connectivity index is 3.27. The van der Waals surface area contributed by atoms with Crippen molar-refractivity contribution >= 4 is 15.9 Å². The van der Waals surface area contributed by atoms with Crippen molar-refractivity contribution in [3.8, 4) is 0 Å². The van der Waals surface area contributed by atoms with Crippen molar-refractivity contribution in [2.45, 2.75) is 20.0 Å². The molecule has 0 radical (unpaired) electrons. The van der Waals surface area contributed by atoms with E-state index in [1.807, 2.05) is 0 Å². The summed E-state index contributed by atoms with van der Waals surface area (Å²) in [5, 5.41) is 8.85.